The van der Waals surface area contributed by atoms with Crippen molar-refractivity contribution in [2.24, 2.45) is 0 Å². The van der Waals surface area contributed by atoms with Gasteiger partial charge in [0.1, 0.15) is 5.75 Å². The number of nitrogens with one attached hydrogen (secondary N) is 2. The van der Waals surface area contributed by atoms with Crippen molar-refractivity contribution in [3.8, 4) is 5.75 Å². The number of methoxy groups -OCH3 is 1. The number of hydrogen-bond donors (Lipinski definition) is 2. The maximum atomic E-state index is 12.0. The van der Waals surface area contributed by atoms with Crippen LogP contribution in [0.3, 0.4) is 0 Å². The van der Waals surface area contributed by atoms with Gasteiger partial charge in [0.2, 0.25) is 5.91 Å². The maximum Gasteiger partial charge on any atom is 0.243 e. The van der Waals surface area contributed by atoms with Gasteiger partial charge in [-0.3, -0.25) is 4.79 Å². The lowest BCUT2D eigenvalue weighted by Crippen LogP contribution is -2.22. The molecule has 0 aliphatic heterocycles. The largest absolute Gasteiger partial charge is 0.495 e. The van der Waals surface area contributed by atoms with E-state index in [-0.39, 0.29) is 12.5 Å². The van der Waals surface area contributed by atoms with Gasteiger partial charge in [0.05, 0.1) is 19.3 Å². The number of carbonyl (C=O) groups excluding carboxylic acids is 1. The Morgan fingerprint density at radius 1 is 1.24 bits per heavy atom. The zero-order valence-corrected chi connectivity index (χ0v) is 14.1. The second-order valence-corrected chi connectivity index (χ2v) is 5.86. The first-order valence-corrected chi connectivity index (χ1v) is 7.60. The van der Waals surface area contributed by atoms with Crippen molar-refractivity contribution in [3.05, 3.63) is 51.6 Å². The van der Waals surface area contributed by atoms with E-state index in [9.17, 15) is 4.79 Å². The van der Waals surface area contributed by atoms with E-state index in [2.05, 4.69) is 33.2 Å². The topological polar surface area (TPSA) is 50.4 Å². The van der Waals surface area contributed by atoms with E-state index >= 15 is 0 Å². The molecular formula is C16H17IN2O2. The van der Waals surface area contributed by atoms with Gasteiger partial charge in [-0.2, -0.15) is 0 Å². The predicted octanol–water partition coefficient (Wildman–Crippen LogP) is 3.66. The van der Waals surface area contributed by atoms with E-state index in [4.69, 9.17) is 4.74 Å². The molecule has 2 rings (SSSR count). The molecule has 0 saturated carbocycles. The van der Waals surface area contributed by atoms with E-state index in [1.165, 1.54) is 0 Å². The lowest BCUT2D eigenvalue weighted by molar-refractivity contribution is -0.114. The molecule has 0 unspecified atom stereocenters. The van der Waals surface area contributed by atoms with E-state index in [1.807, 2.05) is 49.4 Å². The molecular weight excluding hydrogens is 379 g/mol. The lowest BCUT2D eigenvalue weighted by Gasteiger charge is -2.12. The summed E-state index contributed by atoms with van der Waals surface area (Å²) in [5.41, 5.74) is 2.72. The second kappa shape index (κ2) is 7.31. The normalized spacial score (nSPS) is 10.0. The van der Waals surface area contributed by atoms with Crippen molar-refractivity contribution in [3.63, 3.8) is 0 Å². The van der Waals surface area contributed by atoms with Crippen LogP contribution in [0.5, 0.6) is 5.75 Å². The molecule has 0 bridgehead atoms. The summed E-state index contributed by atoms with van der Waals surface area (Å²) in [6.07, 6.45) is 0. The lowest BCUT2D eigenvalue weighted by atomic mass is 10.2. The van der Waals surface area contributed by atoms with E-state index in [1.54, 1.807) is 7.11 Å². The fourth-order valence-electron chi connectivity index (χ4n) is 1.91. The number of carbonyl (C=O) groups is 1. The van der Waals surface area contributed by atoms with Gasteiger partial charge in [-0.05, 0) is 65.4 Å². The Hall–Kier alpha value is -1.76. The zero-order chi connectivity index (χ0) is 15.2. The van der Waals surface area contributed by atoms with Gasteiger partial charge in [0, 0.05) is 9.26 Å². The van der Waals surface area contributed by atoms with Crippen LogP contribution in [0.4, 0.5) is 11.4 Å². The number of ether oxygens (including phenoxy) is 1. The monoisotopic (exact) mass is 396 g/mol. The average molecular weight is 396 g/mol. The molecule has 0 saturated heterocycles. The summed E-state index contributed by atoms with van der Waals surface area (Å²) in [5, 5.41) is 5.96. The molecule has 0 atom stereocenters. The summed E-state index contributed by atoms with van der Waals surface area (Å²) in [7, 11) is 1.61. The van der Waals surface area contributed by atoms with Crippen LogP contribution in [0.15, 0.2) is 42.5 Å². The SMILES string of the molecule is COc1ccc(C)cc1NCC(=O)Nc1cccc(I)c1. The van der Waals surface area contributed by atoms with Gasteiger partial charge in [-0.1, -0.05) is 12.1 Å². The van der Waals surface area contributed by atoms with Crippen LogP contribution in [-0.4, -0.2) is 19.6 Å². The summed E-state index contributed by atoms with van der Waals surface area (Å²) in [6.45, 7) is 2.18. The molecule has 0 spiro atoms. The second-order valence-electron chi connectivity index (χ2n) is 4.62. The quantitative estimate of drug-likeness (QED) is 0.759. The Bertz CT molecular complexity index is 644. The number of hydrogen-bond acceptors (Lipinski definition) is 3. The van der Waals surface area contributed by atoms with E-state index in [0.29, 0.717) is 0 Å². The first kappa shape index (κ1) is 15.6. The molecule has 2 N–H and O–H groups in total. The van der Waals surface area contributed by atoms with Crippen LogP contribution in [0, 0.1) is 10.5 Å². The van der Waals surface area contributed by atoms with Crippen LogP contribution >= 0.6 is 22.6 Å². The van der Waals surface area contributed by atoms with Crippen molar-refractivity contribution in [2.45, 2.75) is 6.92 Å². The minimum atomic E-state index is -0.0967. The first-order chi connectivity index (χ1) is 10.1. The van der Waals surface area contributed by atoms with Gasteiger partial charge >= 0.3 is 0 Å². The van der Waals surface area contributed by atoms with Crippen molar-refractivity contribution in [1.29, 1.82) is 0 Å². The number of halogens is 1. The van der Waals surface area contributed by atoms with Crippen molar-refractivity contribution >= 4 is 39.9 Å². The molecule has 0 aromatic heterocycles. The highest BCUT2D eigenvalue weighted by molar-refractivity contribution is 14.1. The summed E-state index contributed by atoms with van der Waals surface area (Å²) in [5.74, 6) is 0.628. The van der Waals surface area contributed by atoms with Crippen LogP contribution in [0.2, 0.25) is 0 Å². The minimum absolute atomic E-state index is 0.0967. The fourth-order valence-corrected chi connectivity index (χ4v) is 2.45. The molecule has 21 heavy (non-hydrogen) atoms. The predicted molar refractivity (Wildman–Crippen MR) is 94.0 cm³/mol. The van der Waals surface area contributed by atoms with Gasteiger partial charge in [0.15, 0.2) is 0 Å². The van der Waals surface area contributed by atoms with Crippen molar-refractivity contribution < 1.29 is 9.53 Å². The number of anilines is 2. The molecule has 2 aromatic rings. The molecule has 5 heteroatoms. The van der Waals surface area contributed by atoms with Crippen LogP contribution in [-0.2, 0) is 4.79 Å². The molecule has 0 radical (unpaired) electrons. The standard InChI is InChI=1S/C16H17IN2O2/c1-11-6-7-15(21-2)14(8-11)18-10-16(20)19-13-5-3-4-12(17)9-13/h3-9,18H,10H2,1-2H3,(H,19,20). The van der Waals surface area contributed by atoms with Gasteiger partial charge in [-0.15, -0.1) is 0 Å². The average Bonchev–Trinajstić information content (AvgIpc) is 2.45. The Labute approximate surface area is 138 Å². The first-order valence-electron chi connectivity index (χ1n) is 6.52. The maximum absolute atomic E-state index is 12.0. The fraction of sp³-hybridized carbons (Fsp3) is 0.188. The molecule has 4 nitrogen and oxygen atoms in total. The summed E-state index contributed by atoms with van der Waals surface area (Å²) < 4.78 is 6.35. The van der Waals surface area contributed by atoms with Gasteiger partial charge in [0.25, 0.3) is 0 Å². The van der Waals surface area contributed by atoms with E-state index < -0.39 is 0 Å². The number of aryl methyl sites for hydroxylation is 1. The number of rotatable bonds is 5. The molecule has 1 amide bonds. The molecule has 0 heterocycles. The van der Waals surface area contributed by atoms with Crippen LogP contribution in [0.1, 0.15) is 5.56 Å². The smallest absolute Gasteiger partial charge is 0.243 e. The zero-order valence-electron chi connectivity index (χ0n) is 11.9. The molecule has 110 valence electrons. The third-order valence-electron chi connectivity index (χ3n) is 2.90. The highest BCUT2D eigenvalue weighted by atomic mass is 127. The molecule has 0 aliphatic carbocycles. The third kappa shape index (κ3) is 4.63. The van der Waals surface area contributed by atoms with Gasteiger partial charge in [-0.25, -0.2) is 0 Å². The molecule has 0 aliphatic rings. The summed E-state index contributed by atoms with van der Waals surface area (Å²) in [6, 6.07) is 13.5. The summed E-state index contributed by atoms with van der Waals surface area (Å²) >= 11 is 2.21. The Balaban J connectivity index is 1.96. The third-order valence-corrected chi connectivity index (χ3v) is 3.57. The highest BCUT2D eigenvalue weighted by Crippen LogP contribution is 2.24. The van der Waals surface area contributed by atoms with Crippen molar-refractivity contribution in [2.75, 3.05) is 24.3 Å². The number of amides is 1. The highest BCUT2D eigenvalue weighted by Gasteiger charge is 2.06. The van der Waals surface area contributed by atoms with Crippen molar-refractivity contribution in [1.82, 2.24) is 0 Å². The molecule has 0 fully saturated rings. The van der Waals surface area contributed by atoms with Gasteiger partial charge < -0.3 is 15.4 Å². The molecule has 2 aromatic carbocycles. The Kier molecular flexibility index (Phi) is 5.44. The Morgan fingerprint density at radius 3 is 2.76 bits per heavy atom. The minimum Gasteiger partial charge on any atom is -0.495 e. The van der Waals surface area contributed by atoms with E-state index in [0.717, 1.165) is 26.3 Å². The summed E-state index contributed by atoms with van der Waals surface area (Å²) in [4.78, 5) is 12.0. The van der Waals surface area contributed by atoms with Crippen LogP contribution < -0.4 is 15.4 Å². The van der Waals surface area contributed by atoms with Crippen LogP contribution in [0.25, 0.3) is 0 Å². The Morgan fingerprint density at radius 2 is 2.05 bits per heavy atom. The number of benzene rings is 2.